The molecular weight excluding hydrogens is 336 g/mol. The molecule has 6 nitrogen and oxygen atoms in total. The Kier molecular flexibility index (Phi) is 3.59. The monoisotopic (exact) mass is 348 g/mol. The summed E-state index contributed by atoms with van der Waals surface area (Å²) in [5, 5.41) is 13.8. The Balaban J connectivity index is 2.05. The molecule has 0 saturated heterocycles. The third kappa shape index (κ3) is 2.73. The number of nitro benzene ring substituents is 1. The van der Waals surface area contributed by atoms with Crippen molar-refractivity contribution in [3.05, 3.63) is 44.5 Å². The highest BCUT2D eigenvalue weighted by molar-refractivity contribution is 9.10. The van der Waals surface area contributed by atoms with E-state index in [9.17, 15) is 10.1 Å². The second kappa shape index (κ2) is 5.40. The number of halogens is 1. The molecule has 21 heavy (non-hydrogen) atoms. The summed E-state index contributed by atoms with van der Waals surface area (Å²) >= 11 is 3.54. The molecule has 0 spiro atoms. The maximum atomic E-state index is 10.7. The summed E-state index contributed by atoms with van der Waals surface area (Å²) in [6, 6.07) is 6.29. The van der Waals surface area contributed by atoms with Gasteiger partial charge in [0.15, 0.2) is 5.82 Å². The minimum Gasteiger partial charge on any atom is -0.372 e. The maximum Gasteiger partial charge on any atom is 0.269 e. The van der Waals surface area contributed by atoms with E-state index < -0.39 is 4.92 Å². The van der Waals surface area contributed by atoms with E-state index in [-0.39, 0.29) is 5.69 Å². The third-order valence-electron chi connectivity index (χ3n) is 3.41. The molecule has 0 aliphatic heterocycles. The second-order valence-corrected chi connectivity index (χ2v) is 5.72. The van der Waals surface area contributed by atoms with Gasteiger partial charge in [-0.15, -0.1) is 0 Å². The smallest absolute Gasteiger partial charge is 0.269 e. The first-order chi connectivity index (χ1) is 10.1. The van der Waals surface area contributed by atoms with Gasteiger partial charge in [-0.2, -0.15) is 0 Å². The molecule has 0 amide bonds. The molecule has 3 rings (SSSR count). The minimum absolute atomic E-state index is 0.0621. The van der Waals surface area contributed by atoms with Crippen LogP contribution in [-0.2, 0) is 0 Å². The van der Waals surface area contributed by atoms with Crippen molar-refractivity contribution in [1.82, 2.24) is 9.97 Å². The van der Waals surface area contributed by atoms with Crippen molar-refractivity contribution in [2.75, 3.05) is 12.4 Å². The van der Waals surface area contributed by atoms with E-state index >= 15 is 0 Å². The van der Waals surface area contributed by atoms with Gasteiger partial charge in [-0.1, -0.05) is 0 Å². The Bertz CT molecular complexity index is 699. The predicted octanol–water partition coefficient (Wildman–Crippen LogP) is 3.73. The zero-order valence-corrected chi connectivity index (χ0v) is 12.9. The normalized spacial score (nSPS) is 14.0. The summed E-state index contributed by atoms with van der Waals surface area (Å²) in [5.41, 5.74) is 1.83. The van der Waals surface area contributed by atoms with E-state index in [0.29, 0.717) is 11.7 Å². The van der Waals surface area contributed by atoms with E-state index in [0.717, 1.165) is 34.4 Å². The number of benzene rings is 1. The number of anilines is 1. The van der Waals surface area contributed by atoms with Crippen LogP contribution in [0.4, 0.5) is 11.5 Å². The second-order valence-electron chi connectivity index (χ2n) is 4.92. The summed E-state index contributed by atoms with van der Waals surface area (Å²) < 4.78 is 0.901. The summed E-state index contributed by atoms with van der Waals surface area (Å²) in [7, 11) is 1.81. The number of nitro groups is 1. The molecule has 1 N–H and O–H groups in total. The average Bonchev–Trinajstić information content (AvgIpc) is 3.32. The van der Waals surface area contributed by atoms with Gasteiger partial charge in [-0.3, -0.25) is 10.1 Å². The van der Waals surface area contributed by atoms with Gasteiger partial charge in [-0.05, 0) is 40.9 Å². The molecule has 1 aromatic carbocycles. The zero-order valence-electron chi connectivity index (χ0n) is 11.3. The van der Waals surface area contributed by atoms with Crippen LogP contribution in [0.25, 0.3) is 11.4 Å². The van der Waals surface area contributed by atoms with Crippen LogP contribution in [0.15, 0.2) is 28.7 Å². The number of non-ortho nitro benzene ring substituents is 1. The van der Waals surface area contributed by atoms with Crippen LogP contribution < -0.4 is 5.32 Å². The molecule has 1 heterocycles. The lowest BCUT2D eigenvalue weighted by Crippen LogP contribution is -2.02. The molecule has 0 unspecified atom stereocenters. The first-order valence-electron chi connectivity index (χ1n) is 6.60. The molecule has 2 aromatic rings. The van der Waals surface area contributed by atoms with Crippen LogP contribution >= 0.6 is 15.9 Å². The first kappa shape index (κ1) is 13.9. The molecular formula is C14H13BrN4O2. The van der Waals surface area contributed by atoms with Crippen molar-refractivity contribution in [3.8, 4) is 11.4 Å². The molecule has 0 bridgehead atoms. The molecule has 0 atom stereocenters. The molecule has 1 fully saturated rings. The Hall–Kier alpha value is -2.02. The number of nitrogens with zero attached hydrogens (tertiary/aromatic N) is 3. The molecule has 1 aromatic heterocycles. The molecule has 108 valence electrons. The van der Waals surface area contributed by atoms with Gasteiger partial charge in [0.05, 0.1) is 15.1 Å². The fourth-order valence-corrected chi connectivity index (χ4v) is 2.82. The van der Waals surface area contributed by atoms with Gasteiger partial charge >= 0.3 is 0 Å². The molecule has 0 radical (unpaired) electrons. The molecule has 7 heteroatoms. The Labute approximate surface area is 129 Å². The summed E-state index contributed by atoms with van der Waals surface area (Å²) in [6.07, 6.45) is 2.27. The van der Waals surface area contributed by atoms with Gasteiger partial charge in [0.1, 0.15) is 5.82 Å². The number of aromatic nitrogens is 2. The molecule has 1 aliphatic carbocycles. The lowest BCUT2D eigenvalue weighted by Gasteiger charge is -2.10. The van der Waals surface area contributed by atoms with Crippen molar-refractivity contribution in [1.29, 1.82) is 0 Å². The molecule has 1 saturated carbocycles. The van der Waals surface area contributed by atoms with Gasteiger partial charge in [0.2, 0.25) is 0 Å². The van der Waals surface area contributed by atoms with Gasteiger partial charge in [0, 0.05) is 30.7 Å². The summed E-state index contributed by atoms with van der Waals surface area (Å²) in [6.45, 7) is 0. The number of rotatable bonds is 4. The Morgan fingerprint density at radius 1 is 1.29 bits per heavy atom. The fourth-order valence-electron chi connectivity index (χ4n) is 2.12. The molecule has 1 aliphatic rings. The standard InChI is InChI=1S/C14H13BrN4O2/c1-16-14-11(15)12(8-2-3-8)17-13(18-14)9-4-6-10(7-5-9)19(20)21/h4-8H,2-3H2,1H3,(H,16,17,18). The van der Waals surface area contributed by atoms with Gasteiger partial charge in [-0.25, -0.2) is 9.97 Å². The van der Waals surface area contributed by atoms with Gasteiger partial charge in [0.25, 0.3) is 5.69 Å². The number of hydrogen-bond acceptors (Lipinski definition) is 5. The largest absolute Gasteiger partial charge is 0.372 e. The third-order valence-corrected chi connectivity index (χ3v) is 4.20. The fraction of sp³-hybridized carbons (Fsp3) is 0.286. The van der Waals surface area contributed by atoms with Crippen LogP contribution in [-0.4, -0.2) is 21.9 Å². The number of nitrogens with one attached hydrogen (secondary N) is 1. The highest BCUT2D eigenvalue weighted by Crippen LogP contribution is 2.44. The van der Waals surface area contributed by atoms with Crippen molar-refractivity contribution >= 4 is 27.4 Å². The topological polar surface area (TPSA) is 81.0 Å². The lowest BCUT2D eigenvalue weighted by molar-refractivity contribution is -0.384. The summed E-state index contributed by atoms with van der Waals surface area (Å²) in [5.74, 6) is 1.80. The van der Waals surface area contributed by atoms with E-state index in [2.05, 4.69) is 31.2 Å². The van der Waals surface area contributed by atoms with Crippen molar-refractivity contribution in [3.63, 3.8) is 0 Å². The Morgan fingerprint density at radius 2 is 1.95 bits per heavy atom. The number of hydrogen-bond donors (Lipinski definition) is 1. The summed E-state index contributed by atoms with van der Waals surface area (Å²) in [4.78, 5) is 19.4. The van der Waals surface area contributed by atoms with Crippen molar-refractivity contribution in [2.24, 2.45) is 0 Å². The first-order valence-corrected chi connectivity index (χ1v) is 7.39. The quantitative estimate of drug-likeness (QED) is 0.672. The highest BCUT2D eigenvalue weighted by atomic mass is 79.9. The van der Waals surface area contributed by atoms with Gasteiger partial charge < -0.3 is 5.32 Å². The zero-order chi connectivity index (χ0) is 15.0. The average molecular weight is 349 g/mol. The van der Waals surface area contributed by atoms with Crippen LogP contribution in [0.5, 0.6) is 0 Å². The van der Waals surface area contributed by atoms with Crippen molar-refractivity contribution in [2.45, 2.75) is 18.8 Å². The van der Waals surface area contributed by atoms with E-state index in [1.165, 1.54) is 12.1 Å². The SMILES string of the molecule is CNc1nc(-c2ccc([N+](=O)[O-])cc2)nc(C2CC2)c1Br. The minimum atomic E-state index is -0.416. The van der Waals surface area contributed by atoms with Crippen molar-refractivity contribution < 1.29 is 4.92 Å². The van der Waals surface area contributed by atoms with Crippen LogP contribution in [0, 0.1) is 10.1 Å². The van der Waals surface area contributed by atoms with Crippen LogP contribution in [0.3, 0.4) is 0 Å². The van der Waals surface area contributed by atoms with E-state index in [1.807, 2.05) is 7.05 Å². The van der Waals surface area contributed by atoms with Crippen LogP contribution in [0.1, 0.15) is 24.5 Å². The Morgan fingerprint density at radius 3 is 2.48 bits per heavy atom. The van der Waals surface area contributed by atoms with E-state index in [1.54, 1.807) is 12.1 Å². The van der Waals surface area contributed by atoms with Crippen LogP contribution in [0.2, 0.25) is 0 Å². The predicted molar refractivity (Wildman–Crippen MR) is 83.3 cm³/mol. The maximum absolute atomic E-state index is 10.7. The highest BCUT2D eigenvalue weighted by Gasteiger charge is 2.29. The lowest BCUT2D eigenvalue weighted by atomic mass is 10.2. The van der Waals surface area contributed by atoms with E-state index in [4.69, 9.17) is 0 Å².